The number of ether oxygens (including phenoxy) is 1. The van der Waals surface area contributed by atoms with Crippen molar-refractivity contribution in [2.75, 3.05) is 25.5 Å². The summed E-state index contributed by atoms with van der Waals surface area (Å²) in [5.74, 6) is 0.117. The molecule has 166 valence electrons. The fraction of sp³-hybridized carbons (Fsp3) is 0.261. The maximum absolute atomic E-state index is 13.0. The number of hydrogen-bond acceptors (Lipinski definition) is 4. The number of H-pyrrole nitrogens is 1. The maximum Gasteiger partial charge on any atom is 0.321 e. The Morgan fingerprint density at radius 1 is 1.22 bits per heavy atom. The third kappa shape index (κ3) is 4.88. The number of hydrogen-bond donors (Lipinski definition) is 3. The number of halogens is 1. The lowest BCUT2D eigenvalue weighted by molar-refractivity contribution is 0.0945. The number of methoxy groups -OCH3 is 1. The summed E-state index contributed by atoms with van der Waals surface area (Å²) in [7, 11) is 1.59. The molecular formula is C23H24FN5O3. The van der Waals surface area contributed by atoms with Crippen LogP contribution in [0.1, 0.15) is 34.1 Å². The number of urea groups is 1. The molecule has 4 rings (SSSR count). The Kier molecular flexibility index (Phi) is 6.34. The number of likely N-dealkylation sites (tertiary alicyclic amines) is 1. The lowest BCUT2D eigenvalue weighted by Gasteiger charge is -2.17. The molecule has 1 aliphatic rings. The summed E-state index contributed by atoms with van der Waals surface area (Å²) >= 11 is 0. The van der Waals surface area contributed by atoms with Gasteiger partial charge in [-0.3, -0.25) is 9.89 Å². The summed E-state index contributed by atoms with van der Waals surface area (Å²) in [6.07, 6.45) is 0.751. The molecule has 0 spiro atoms. The lowest BCUT2D eigenvalue weighted by atomic mass is 10.1. The SMILES string of the molecule is COc1ccccc1CNC(=O)c1cc([C@@H]2CCN(C(=O)Nc3ccc(F)cc3)C2)[nH]n1. The van der Waals surface area contributed by atoms with Crippen LogP contribution in [0, 0.1) is 5.82 Å². The van der Waals surface area contributed by atoms with Gasteiger partial charge < -0.3 is 20.3 Å². The molecule has 32 heavy (non-hydrogen) atoms. The summed E-state index contributed by atoms with van der Waals surface area (Å²) in [6.45, 7) is 1.40. The van der Waals surface area contributed by atoms with Crippen LogP contribution in [0.3, 0.4) is 0 Å². The molecule has 8 nitrogen and oxygen atoms in total. The first-order valence-corrected chi connectivity index (χ1v) is 10.3. The lowest BCUT2D eigenvalue weighted by Crippen LogP contribution is -2.32. The van der Waals surface area contributed by atoms with Gasteiger partial charge in [-0.05, 0) is 42.8 Å². The van der Waals surface area contributed by atoms with Crippen LogP contribution in [-0.2, 0) is 6.54 Å². The highest BCUT2D eigenvalue weighted by Gasteiger charge is 2.29. The van der Waals surface area contributed by atoms with Crippen LogP contribution in [-0.4, -0.2) is 47.2 Å². The van der Waals surface area contributed by atoms with Gasteiger partial charge >= 0.3 is 6.03 Å². The number of para-hydroxylation sites is 1. The second kappa shape index (κ2) is 9.51. The van der Waals surface area contributed by atoms with E-state index in [9.17, 15) is 14.0 Å². The monoisotopic (exact) mass is 437 g/mol. The van der Waals surface area contributed by atoms with Gasteiger partial charge in [0, 0.05) is 42.5 Å². The van der Waals surface area contributed by atoms with E-state index in [0.29, 0.717) is 36.8 Å². The Bertz CT molecular complexity index is 1100. The number of nitrogens with one attached hydrogen (secondary N) is 3. The summed E-state index contributed by atoms with van der Waals surface area (Å²) < 4.78 is 18.3. The predicted octanol–water partition coefficient (Wildman–Crippen LogP) is 3.51. The minimum atomic E-state index is -0.355. The largest absolute Gasteiger partial charge is 0.496 e. The van der Waals surface area contributed by atoms with Crippen LogP contribution < -0.4 is 15.4 Å². The molecule has 0 radical (unpaired) electrons. The minimum Gasteiger partial charge on any atom is -0.496 e. The van der Waals surface area contributed by atoms with Crippen LogP contribution >= 0.6 is 0 Å². The number of nitrogens with zero attached hydrogens (tertiary/aromatic N) is 2. The molecule has 3 aromatic rings. The van der Waals surface area contributed by atoms with Gasteiger partial charge in [0.25, 0.3) is 5.91 Å². The van der Waals surface area contributed by atoms with Crippen molar-refractivity contribution in [1.29, 1.82) is 0 Å². The molecule has 3 N–H and O–H groups in total. The molecule has 1 saturated heterocycles. The van der Waals surface area contributed by atoms with Gasteiger partial charge in [0.05, 0.1) is 7.11 Å². The predicted molar refractivity (Wildman–Crippen MR) is 117 cm³/mol. The van der Waals surface area contributed by atoms with Crippen LogP contribution in [0.25, 0.3) is 0 Å². The van der Waals surface area contributed by atoms with Gasteiger partial charge in [-0.1, -0.05) is 18.2 Å². The first kappa shape index (κ1) is 21.4. The molecule has 0 bridgehead atoms. The molecule has 0 saturated carbocycles. The van der Waals surface area contributed by atoms with Gasteiger partial charge in [-0.15, -0.1) is 0 Å². The van der Waals surface area contributed by atoms with Crippen molar-refractivity contribution in [1.82, 2.24) is 20.4 Å². The number of carbonyl (C=O) groups is 2. The zero-order valence-corrected chi connectivity index (χ0v) is 17.6. The smallest absolute Gasteiger partial charge is 0.321 e. The first-order valence-electron chi connectivity index (χ1n) is 10.3. The minimum absolute atomic E-state index is 0.0530. The number of benzene rings is 2. The van der Waals surface area contributed by atoms with Crippen LogP contribution in [0.5, 0.6) is 5.75 Å². The average molecular weight is 437 g/mol. The van der Waals surface area contributed by atoms with Crippen LogP contribution in [0.2, 0.25) is 0 Å². The van der Waals surface area contributed by atoms with Gasteiger partial charge in [0.2, 0.25) is 0 Å². The number of rotatable bonds is 6. The Labute approximate surface area is 184 Å². The molecule has 2 heterocycles. The Hall–Kier alpha value is -3.88. The fourth-order valence-electron chi connectivity index (χ4n) is 3.71. The molecule has 1 fully saturated rings. The molecule has 3 amide bonds. The van der Waals surface area contributed by atoms with Crippen molar-refractivity contribution in [2.45, 2.75) is 18.9 Å². The molecule has 1 aromatic heterocycles. The molecule has 1 aliphatic heterocycles. The van der Waals surface area contributed by atoms with E-state index in [4.69, 9.17) is 4.74 Å². The number of anilines is 1. The van der Waals surface area contributed by atoms with Crippen molar-refractivity contribution in [3.05, 3.63) is 77.4 Å². The average Bonchev–Trinajstić information content (AvgIpc) is 3.49. The van der Waals surface area contributed by atoms with Crippen LogP contribution in [0.15, 0.2) is 54.6 Å². The molecule has 9 heteroatoms. The number of aromatic nitrogens is 2. The number of amides is 3. The quantitative estimate of drug-likeness (QED) is 0.550. The van der Waals surface area contributed by atoms with E-state index in [2.05, 4.69) is 20.8 Å². The molecule has 2 aromatic carbocycles. The third-order valence-electron chi connectivity index (χ3n) is 5.47. The van der Waals surface area contributed by atoms with E-state index >= 15 is 0 Å². The van der Waals surface area contributed by atoms with Crippen molar-refractivity contribution in [3.8, 4) is 5.75 Å². The second-order valence-electron chi connectivity index (χ2n) is 7.57. The van der Waals surface area contributed by atoms with Gasteiger partial charge in [0.15, 0.2) is 0 Å². The molecule has 0 unspecified atom stereocenters. The maximum atomic E-state index is 13.0. The topological polar surface area (TPSA) is 99.4 Å². The molecular weight excluding hydrogens is 413 g/mol. The summed E-state index contributed by atoms with van der Waals surface area (Å²) in [5.41, 5.74) is 2.52. The van der Waals surface area contributed by atoms with E-state index < -0.39 is 0 Å². The highest BCUT2D eigenvalue weighted by molar-refractivity contribution is 5.92. The van der Waals surface area contributed by atoms with Gasteiger partial charge in [-0.25, -0.2) is 9.18 Å². The van der Waals surface area contributed by atoms with E-state index in [1.54, 1.807) is 18.1 Å². The van der Waals surface area contributed by atoms with Crippen molar-refractivity contribution in [3.63, 3.8) is 0 Å². The van der Waals surface area contributed by atoms with E-state index in [1.165, 1.54) is 24.3 Å². The highest BCUT2D eigenvalue weighted by Crippen LogP contribution is 2.27. The van der Waals surface area contributed by atoms with E-state index in [1.807, 2.05) is 24.3 Å². The van der Waals surface area contributed by atoms with E-state index in [-0.39, 0.29) is 23.7 Å². The fourth-order valence-corrected chi connectivity index (χ4v) is 3.71. The Morgan fingerprint density at radius 3 is 2.78 bits per heavy atom. The molecule has 0 aliphatic carbocycles. The first-order chi connectivity index (χ1) is 15.5. The third-order valence-corrected chi connectivity index (χ3v) is 5.47. The zero-order valence-electron chi connectivity index (χ0n) is 17.6. The molecule has 1 atom stereocenters. The zero-order chi connectivity index (χ0) is 22.5. The van der Waals surface area contributed by atoms with E-state index in [0.717, 1.165) is 17.7 Å². The van der Waals surface area contributed by atoms with Crippen molar-refractivity contribution < 1.29 is 18.7 Å². The highest BCUT2D eigenvalue weighted by atomic mass is 19.1. The van der Waals surface area contributed by atoms with Crippen molar-refractivity contribution in [2.24, 2.45) is 0 Å². The summed E-state index contributed by atoms with van der Waals surface area (Å²) in [4.78, 5) is 26.7. The standard InChI is InChI=1S/C23H24FN5O3/c1-32-21-5-3-2-4-15(21)13-25-22(30)20-12-19(27-28-20)16-10-11-29(14-16)23(31)26-18-8-6-17(24)7-9-18/h2-9,12,16H,10-11,13-14H2,1H3,(H,25,30)(H,26,31)(H,27,28)/t16-/m1/s1. The summed E-state index contributed by atoms with van der Waals surface area (Å²) in [5, 5.41) is 12.7. The second-order valence-corrected chi connectivity index (χ2v) is 7.57. The number of aromatic amines is 1. The van der Waals surface area contributed by atoms with Crippen molar-refractivity contribution >= 4 is 17.6 Å². The number of carbonyl (C=O) groups excluding carboxylic acids is 2. The van der Waals surface area contributed by atoms with Gasteiger partial charge in [0.1, 0.15) is 17.3 Å². The summed E-state index contributed by atoms with van der Waals surface area (Å²) in [6, 6.07) is 14.6. The normalized spacial score (nSPS) is 15.4. The van der Waals surface area contributed by atoms with Crippen LogP contribution in [0.4, 0.5) is 14.9 Å². The Balaban J connectivity index is 1.32. The van der Waals surface area contributed by atoms with Gasteiger partial charge in [-0.2, -0.15) is 5.10 Å². The Morgan fingerprint density at radius 2 is 2.00 bits per heavy atom.